The zero-order chi connectivity index (χ0) is 58.9. The van der Waals surface area contributed by atoms with Crippen LogP contribution in [0.1, 0.15) is 333 Å². The first kappa shape index (κ1) is 72.3. The van der Waals surface area contributed by atoms with Crippen molar-refractivity contribution in [2.45, 2.75) is 335 Å². The molecule has 0 radical (unpaired) electrons. The van der Waals surface area contributed by atoms with Crippen LogP contribution in [0.25, 0.3) is 0 Å². The van der Waals surface area contributed by atoms with E-state index in [0.29, 0.717) is 42.6 Å². The van der Waals surface area contributed by atoms with Gasteiger partial charge in [-0.15, -0.1) is 0 Å². The number of hydrogen-bond acceptors (Lipinski definition) is 11. The van der Waals surface area contributed by atoms with Gasteiger partial charge in [0.05, 0.1) is 32.8 Å². The van der Waals surface area contributed by atoms with E-state index in [-0.39, 0.29) is 30.9 Å². The Morgan fingerprint density at radius 2 is 0.915 bits per heavy atom. The summed E-state index contributed by atoms with van der Waals surface area (Å²) >= 11 is 0. The van der Waals surface area contributed by atoms with Crippen molar-refractivity contribution in [1.82, 2.24) is 9.55 Å². The number of unbranched alkanes of at least 4 members (excludes halogenated alkanes) is 39. The number of aliphatic hydroxyl groups excluding tert-OH is 1. The molecule has 1 saturated heterocycles. The summed E-state index contributed by atoms with van der Waals surface area (Å²) in [6.45, 7) is 9.27. The van der Waals surface area contributed by atoms with Crippen LogP contribution in [-0.4, -0.2) is 71.0 Å². The lowest BCUT2D eigenvalue weighted by Gasteiger charge is -2.19. The number of ketones is 1. The highest BCUT2D eigenvalue weighted by atomic mass is 16.6. The van der Waals surface area contributed by atoms with Crippen LogP contribution in [0.2, 0.25) is 0 Å². The SMILES string of the molecule is CCCCCCCCCCCCCCCCOc1cc(C(=O)Nc2ccn([C@H]3C[C@H](OC(=O)CCC(C)=O)[C@@H](CO)O3)c(=O)n2)cc(OCCCCCCCCCCCCCCCC)c1OCCCCCCCCCCCCCCCC. The minimum absolute atomic E-state index is 0.0445. The van der Waals surface area contributed by atoms with Gasteiger partial charge in [0.1, 0.15) is 30.0 Å². The number of carbonyl (C=O) groups excluding carboxylic acids is 3. The molecule has 0 aliphatic carbocycles. The van der Waals surface area contributed by atoms with E-state index in [1.165, 1.54) is 242 Å². The molecule has 1 aromatic carbocycles. The molecule has 3 atom stereocenters. The van der Waals surface area contributed by atoms with E-state index in [1.807, 2.05) is 0 Å². The standard InChI is InChI=1S/C69H119N3O10/c1-5-8-11-14-17-20-23-26-29-32-35-38-41-44-51-78-61-54-59(68(76)70-64-49-50-72(69(77)71-64)65-56-60(63(57-73)81-65)82-66(75)48-47-58(4)74)55-62(79-52-45-42-39-36-33-30-27-24-21-18-15-12-9-6-2)67(61)80-53-46-43-40-37-34-31-28-25-22-19-16-13-10-7-3/h49-50,54-55,60,63,65,73H,5-48,51-53,56-57H2,1-4H3,(H,70,71,76,77)/t60-,63+,65+/m0/s1. The number of nitrogens with one attached hydrogen (secondary N) is 1. The van der Waals surface area contributed by atoms with Crippen molar-refractivity contribution in [1.29, 1.82) is 0 Å². The van der Waals surface area contributed by atoms with Gasteiger partial charge in [0.15, 0.2) is 11.5 Å². The molecule has 1 fully saturated rings. The molecule has 1 aliphatic heterocycles. The number of carbonyl (C=O) groups is 3. The Kier molecular flexibility index (Phi) is 43.5. The van der Waals surface area contributed by atoms with Crippen molar-refractivity contribution in [2.24, 2.45) is 0 Å². The molecular weight excluding hydrogens is 1030 g/mol. The van der Waals surface area contributed by atoms with Gasteiger partial charge in [-0.25, -0.2) is 4.79 Å². The van der Waals surface area contributed by atoms with Crippen LogP contribution < -0.4 is 25.2 Å². The molecule has 2 heterocycles. The first-order chi connectivity index (χ1) is 40.2. The van der Waals surface area contributed by atoms with Gasteiger partial charge in [0.2, 0.25) is 5.75 Å². The van der Waals surface area contributed by atoms with Crippen LogP contribution in [0.5, 0.6) is 17.2 Å². The summed E-state index contributed by atoms with van der Waals surface area (Å²) < 4.78 is 32.4. The van der Waals surface area contributed by atoms with Gasteiger partial charge in [0, 0.05) is 24.6 Å². The first-order valence-corrected chi connectivity index (χ1v) is 34.1. The molecule has 3 rings (SSSR count). The van der Waals surface area contributed by atoms with Crippen molar-refractivity contribution < 1.29 is 43.2 Å². The molecule has 82 heavy (non-hydrogen) atoms. The van der Waals surface area contributed by atoms with Crippen LogP contribution in [-0.2, 0) is 19.1 Å². The van der Waals surface area contributed by atoms with Crippen LogP contribution in [0.4, 0.5) is 5.82 Å². The third-order valence-corrected chi connectivity index (χ3v) is 16.2. The monoisotopic (exact) mass is 1150 g/mol. The first-order valence-electron chi connectivity index (χ1n) is 34.1. The summed E-state index contributed by atoms with van der Waals surface area (Å²) in [6, 6.07) is 4.95. The number of aromatic nitrogens is 2. The molecule has 1 amide bonds. The van der Waals surface area contributed by atoms with Crippen molar-refractivity contribution in [2.75, 3.05) is 31.7 Å². The highest BCUT2D eigenvalue weighted by Crippen LogP contribution is 2.40. The molecule has 1 aliphatic rings. The minimum atomic E-state index is -0.872. The molecular formula is C69H119N3O10. The van der Waals surface area contributed by atoms with Gasteiger partial charge in [-0.1, -0.05) is 271 Å². The van der Waals surface area contributed by atoms with Crippen LogP contribution in [0.3, 0.4) is 0 Å². The van der Waals surface area contributed by atoms with E-state index in [1.54, 1.807) is 12.1 Å². The molecule has 1 aromatic heterocycles. The number of amides is 1. The Labute approximate surface area is 498 Å². The zero-order valence-corrected chi connectivity index (χ0v) is 52.7. The number of esters is 1. The molecule has 2 aromatic rings. The number of Topliss-reactive ketones (excluding diaryl/α,β-unsaturated/α-hetero) is 1. The number of aliphatic hydroxyl groups is 1. The summed E-state index contributed by atoms with van der Waals surface area (Å²) in [6.07, 6.45) is 52.4. The van der Waals surface area contributed by atoms with Gasteiger partial charge >= 0.3 is 11.7 Å². The van der Waals surface area contributed by atoms with Gasteiger partial charge in [0.25, 0.3) is 5.91 Å². The predicted octanol–water partition coefficient (Wildman–Crippen LogP) is 18.6. The molecule has 13 nitrogen and oxygen atoms in total. The maximum atomic E-state index is 14.2. The third kappa shape index (κ3) is 34.7. The van der Waals surface area contributed by atoms with Crippen molar-refractivity contribution in [3.63, 3.8) is 0 Å². The fraction of sp³-hybridized carbons (Fsp3) is 0.812. The second kappa shape index (κ2) is 49.3. The second-order valence-electron chi connectivity index (χ2n) is 23.9. The van der Waals surface area contributed by atoms with Crippen molar-refractivity contribution in [3.8, 4) is 17.2 Å². The molecule has 2 N–H and O–H groups in total. The summed E-state index contributed by atoms with van der Waals surface area (Å²) in [5, 5.41) is 12.8. The van der Waals surface area contributed by atoms with E-state index >= 15 is 0 Å². The average Bonchev–Trinajstić information content (AvgIpc) is 4.09. The Morgan fingerprint density at radius 3 is 1.27 bits per heavy atom. The zero-order valence-electron chi connectivity index (χ0n) is 52.7. The summed E-state index contributed by atoms with van der Waals surface area (Å²) in [4.78, 5) is 55.7. The van der Waals surface area contributed by atoms with Gasteiger partial charge in [-0.2, -0.15) is 4.98 Å². The molecule has 0 spiro atoms. The second-order valence-corrected chi connectivity index (χ2v) is 23.9. The molecule has 0 unspecified atom stereocenters. The number of ether oxygens (including phenoxy) is 5. The van der Waals surface area contributed by atoms with Crippen LogP contribution in [0.15, 0.2) is 29.2 Å². The van der Waals surface area contributed by atoms with Gasteiger partial charge in [-0.3, -0.25) is 14.2 Å². The van der Waals surface area contributed by atoms with Gasteiger partial charge < -0.3 is 38.9 Å². The smallest absolute Gasteiger partial charge is 0.351 e. The number of hydrogen-bond donors (Lipinski definition) is 2. The summed E-state index contributed by atoms with van der Waals surface area (Å²) in [5.74, 6) is 0.321. The third-order valence-electron chi connectivity index (χ3n) is 16.2. The topological polar surface area (TPSA) is 165 Å². The maximum Gasteiger partial charge on any atom is 0.351 e. The summed E-state index contributed by atoms with van der Waals surface area (Å²) in [7, 11) is 0. The lowest BCUT2D eigenvalue weighted by atomic mass is 10.0. The quantitative estimate of drug-likeness (QED) is 0.0478. The number of rotatable bonds is 56. The van der Waals surface area contributed by atoms with E-state index in [9.17, 15) is 24.3 Å². The predicted molar refractivity (Wildman–Crippen MR) is 336 cm³/mol. The Balaban J connectivity index is 1.69. The molecule has 0 bridgehead atoms. The van der Waals surface area contributed by atoms with Crippen LogP contribution in [0, 0.1) is 0 Å². The largest absolute Gasteiger partial charge is 0.490 e. The Bertz CT molecular complexity index is 1920. The Hall–Kier alpha value is -3.97. The molecule has 13 heteroatoms. The number of nitrogens with zero attached hydrogens (tertiary/aromatic N) is 2. The highest BCUT2D eigenvalue weighted by Gasteiger charge is 2.39. The molecule has 470 valence electrons. The fourth-order valence-electron chi connectivity index (χ4n) is 11.0. The lowest BCUT2D eigenvalue weighted by Crippen LogP contribution is -2.30. The fourth-order valence-corrected chi connectivity index (χ4v) is 11.0. The molecule has 0 saturated carbocycles. The normalized spacial score (nSPS) is 15.0. The van der Waals surface area contributed by atoms with Crippen molar-refractivity contribution in [3.05, 3.63) is 40.4 Å². The van der Waals surface area contributed by atoms with E-state index < -0.39 is 42.6 Å². The van der Waals surface area contributed by atoms with Crippen molar-refractivity contribution >= 4 is 23.5 Å². The van der Waals surface area contributed by atoms with E-state index in [2.05, 4.69) is 31.1 Å². The average molecular weight is 1150 g/mol. The van der Waals surface area contributed by atoms with E-state index in [0.717, 1.165) is 51.4 Å². The lowest BCUT2D eigenvalue weighted by molar-refractivity contribution is -0.153. The minimum Gasteiger partial charge on any atom is -0.490 e. The Morgan fingerprint density at radius 1 is 0.549 bits per heavy atom. The number of anilines is 1. The maximum absolute atomic E-state index is 14.2. The highest BCUT2D eigenvalue weighted by molar-refractivity contribution is 6.04. The summed E-state index contributed by atoms with van der Waals surface area (Å²) in [5.41, 5.74) is -0.397. The van der Waals surface area contributed by atoms with Crippen LogP contribution >= 0.6 is 0 Å². The number of benzene rings is 1. The van der Waals surface area contributed by atoms with Gasteiger partial charge in [-0.05, 0) is 44.4 Å². The van der Waals surface area contributed by atoms with E-state index in [4.69, 9.17) is 23.7 Å².